The lowest BCUT2D eigenvalue weighted by Crippen LogP contribution is -2.23. The maximum Gasteiger partial charge on any atom is 0.416 e. The minimum atomic E-state index is -4.44. The Morgan fingerprint density at radius 2 is 1.76 bits per heavy atom. The van der Waals surface area contributed by atoms with Gasteiger partial charge >= 0.3 is 6.18 Å². The number of hydrogen-bond donors (Lipinski definition) is 1. The molecule has 4 aromatic rings. The first kappa shape index (κ1) is 23.0. The summed E-state index contributed by atoms with van der Waals surface area (Å²) in [5, 5.41) is 15.1. The van der Waals surface area contributed by atoms with E-state index < -0.39 is 17.6 Å². The first-order valence-corrected chi connectivity index (χ1v) is 10.3. The zero-order valence-corrected chi connectivity index (χ0v) is 18.1. The summed E-state index contributed by atoms with van der Waals surface area (Å²) in [6.07, 6.45) is -4.44. The zero-order chi connectivity index (χ0) is 24.1. The van der Waals surface area contributed by atoms with Gasteiger partial charge in [0.2, 0.25) is 5.82 Å². The second-order valence-corrected chi connectivity index (χ2v) is 7.45. The molecular formula is C24H20F3N5O2. The summed E-state index contributed by atoms with van der Waals surface area (Å²) < 4.78 is 43.8. The lowest BCUT2D eigenvalue weighted by Gasteiger charge is -2.10. The number of carbonyl (C=O) groups excluding carboxylic acids is 1. The van der Waals surface area contributed by atoms with Gasteiger partial charge in [-0.05, 0) is 52.7 Å². The molecule has 0 atom stereocenters. The zero-order valence-electron chi connectivity index (χ0n) is 18.1. The van der Waals surface area contributed by atoms with E-state index in [1.807, 2.05) is 24.3 Å². The van der Waals surface area contributed by atoms with E-state index in [1.165, 1.54) is 16.9 Å². The van der Waals surface area contributed by atoms with Gasteiger partial charge < -0.3 is 10.1 Å². The van der Waals surface area contributed by atoms with E-state index in [2.05, 4.69) is 20.7 Å². The van der Waals surface area contributed by atoms with Crippen LogP contribution in [0.1, 0.15) is 27.0 Å². The molecule has 0 aliphatic carbocycles. The van der Waals surface area contributed by atoms with Crippen molar-refractivity contribution in [2.45, 2.75) is 19.3 Å². The number of benzene rings is 3. The van der Waals surface area contributed by atoms with Crippen molar-refractivity contribution in [3.63, 3.8) is 0 Å². The van der Waals surface area contributed by atoms with E-state index in [9.17, 15) is 18.0 Å². The second-order valence-electron chi connectivity index (χ2n) is 7.45. The lowest BCUT2D eigenvalue weighted by atomic mass is 10.1. The van der Waals surface area contributed by atoms with Gasteiger partial charge in [-0.2, -0.15) is 18.0 Å². The van der Waals surface area contributed by atoms with Crippen LogP contribution in [0.5, 0.6) is 5.75 Å². The molecule has 10 heteroatoms. The number of amides is 1. The van der Waals surface area contributed by atoms with Gasteiger partial charge in [-0.1, -0.05) is 36.4 Å². The molecule has 7 nitrogen and oxygen atoms in total. The fourth-order valence-electron chi connectivity index (χ4n) is 3.26. The maximum atomic E-state index is 12.9. The van der Waals surface area contributed by atoms with Crippen molar-refractivity contribution in [2.75, 3.05) is 7.11 Å². The third-order valence-electron chi connectivity index (χ3n) is 5.03. The number of tetrazole rings is 1. The second kappa shape index (κ2) is 9.74. The standard InChI is InChI=1S/C24H20F3N5O2/c1-34-21-10-8-16(9-11-21)15-32-30-22(29-31-32)18-5-3-6-19(13-18)23(33)28-14-17-4-2-7-20(12-17)24(25,26)27/h2-13H,14-15H2,1H3,(H,28,33). The summed E-state index contributed by atoms with van der Waals surface area (Å²) in [4.78, 5) is 14.0. The van der Waals surface area contributed by atoms with Gasteiger partial charge in [0.1, 0.15) is 5.75 Å². The summed E-state index contributed by atoms with van der Waals surface area (Å²) in [6, 6.07) is 19.0. The number of alkyl halides is 3. The Labute approximate surface area is 193 Å². The van der Waals surface area contributed by atoms with Crippen LogP contribution in [-0.4, -0.2) is 33.2 Å². The van der Waals surface area contributed by atoms with Crippen molar-refractivity contribution < 1.29 is 22.7 Å². The van der Waals surface area contributed by atoms with Crippen LogP contribution < -0.4 is 10.1 Å². The number of nitrogens with one attached hydrogen (secondary N) is 1. The molecule has 34 heavy (non-hydrogen) atoms. The van der Waals surface area contributed by atoms with Crippen LogP contribution in [-0.2, 0) is 19.3 Å². The minimum Gasteiger partial charge on any atom is -0.497 e. The Hall–Kier alpha value is -4.21. The molecule has 0 fully saturated rings. The maximum absolute atomic E-state index is 12.9. The molecule has 3 aromatic carbocycles. The Bertz CT molecular complexity index is 1290. The van der Waals surface area contributed by atoms with Gasteiger partial charge in [0.25, 0.3) is 5.91 Å². The normalized spacial score (nSPS) is 11.3. The molecule has 0 aliphatic rings. The molecular weight excluding hydrogens is 447 g/mol. The van der Waals surface area contributed by atoms with Crippen LogP contribution in [0, 0.1) is 0 Å². The molecule has 1 N–H and O–H groups in total. The van der Waals surface area contributed by atoms with Gasteiger partial charge in [0.15, 0.2) is 0 Å². The number of rotatable bonds is 7. The smallest absolute Gasteiger partial charge is 0.416 e. The number of aromatic nitrogens is 4. The van der Waals surface area contributed by atoms with Crippen molar-refractivity contribution >= 4 is 5.91 Å². The molecule has 1 heterocycles. The number of halogens is 3. The Morgan fingerprint density at radius 3 is 2.50 bits per heavy atom. The highest BCUT2D eigenvalue weighted by Crippen LogP contribution is 2.29. The highest BCUT2D eigenvalue weighted by molar-refractivity contribution is 5.95. The van der Waals surface area contributed by atoms with Gasteiger partial charge in [0, 0.05) is 17.7 Å². The lowest BCUT2D eigenvalue weighted by molar-refractivity contribution is -0.137. The van der Waals surface area contributed by atoms with E-state index >= 15 is 0 Å². The van der Waals surface area contributed by atoms with Gasteiger partial charge in [-0.15, -0.1) is 10.2 Å². The molecule has 0 spiro atoms. The van der Waals surface area contributed by atoms with E-state index in [1.54, 1.807) is 31.4 Å². The van der Waals surface area contributed by atoms with Crippen LogP contribution in [0.2, 0.25) is 0 Å². The molecule has 0 saturated carbocycles. The highest BCUT2D eigenvalue weighted by Gasteiger charge is 2.30. The fourth-order valence-corrected chi connectivity index (χ4v) is 3.26. The summed E-state index contributed by atoms with van der Waals surface area (Å²) in [7, 11) is 1.60. The van der Waals surface area contributed by atoms with Crippen LogP contribution in [0.4, 0.5) is 13.2 Å². The average Bonchev–Trinajstić information content (AvgIpc) is 3.31. The first-order valence-electron chi connectivity index (χ1n) is 10.3. The number of ether oxygens (including phenoxy) is 1. The predicted octanol–water partition coefficient (Wildman–Crippen LogP) is 4.35. The number of nitrogens with zero attached hydrogens (tertiary/aromatic N) is 4. The minimum absolute atomic E-state index is 0.0384. The monoisotopic (exact) mass is 467 g/mol. The molecule has 0 bridgehead atoms. The van der Waals surface area contributed by atoms with E-state index in [-0.39, 0.29) is 6.54 Å². The van der Waals surface area contributed by atoms with Crippen LogP contribution in [0.25, 0.3) is 11.4 Å². The molecule has 0 aliphatic heterocycles. The number of carbonyl (C=O) groups is 1. The highest BCUT2D eigenvalue weighted by atomic mass is 19.4. The van der Waals surface area contributed by atoms with E-state index in [4.69, 9.17) is 4.74 Å². The summed E-state index contributed by atoms with van der Waals surface area (Å²) >= 11 is 0. The molecule has 1 amide bonds. The molecule has 4 rings (SSSR count). The number of hydrogen-bond acceptors (Lipinski definition) is 5. The Balaban J connectivity index is 1.42. The molecule has 174 valence electrons. The van der Waals surface area contributed by atoms with Crippen molar-refractivity contribution in [1.29, 1.82) is 0 Å². The van der Waals surface area contributed by atoms with Crippen LogP contribution in [0.15, 0.2) is 72.8 Å². The van der Waals surface area contributed by atoms with Crippen LogP contribution >= 0.6 is 0 Å². The quantitative estimate of drug-likeness (QED) is 0.437. The van der Waals surface area contributed by atoms with Gasteiger partial charge in [-0.25, -0.2) is 0 Å². The Morgan fingerprint density at radius 1 is 1.00 bits per heavy atom. The van der Waals surface area contributed by atoms with Gasteiger partial charge in [-0.3, -0.25) is 4.79 Å². The third-order valence-corrected chi connectivity index (χ3v) is 5.03. The third kappa shape index (κ3) is 5.58. The van der Waals surface area contributed by atoms with Crippen LogP contribution in [0.3, 0.4) is 0 Å². The van der Waals surface area contributed by atoms with E-state index in [0.29, 0.717) is 29.1 Å². The Kier molecular flexibility index (Phi) is 6.58. The van der Waals surface area contributed by atoms with Crippen molar-refractivity contribution in [2.24, 2.45) is 0 Å². The van der Waals surface area contributed by atoms with Gasteiger partial charge in [0.05, 0.1) is 19.2 Å². The van der Waals surface area contributed by atoms with Crippen molar-refractivity contribution in [1.82, 2.24) is 25.5 Å². The first-order chi connectivity index (χ1) is 16.3. The average molecular weight is 467 g/mol. The summed E-state index contributed by atoms with van der Waals surface area (Å²) in [5.74, 6) is 0.671. The molecule has 0 unspecified atom stereocenters. The molecule has 0 saturated heterocycles. The van der Waals surface area contributed by atoms with E-state index in [0.717, 1.165) is 23.4 Å². The molecule has 0 radical (unpaired) electrons. The summed E-state index contributed by atoms with van der Waals surface area (Å²) in [5.41, 5.74) is 1.48. The summed E-state index contributed by atoms with van der Waals surface area (Å²) in [6.45, 7) is 0.372. The SMILES string of the molecule is COc1ccc(Cn2nnc(-c3cccc(C(=O)NCc4cccc(C(F)(F)F)c4)c3)n2)cc1. The number of methoxy groups -OCH3 is 1. The largest absolute Gasteiger partial charge is 0.497 e. The predicted molar refractivity (Wildman–Crippen MR) is 118 cm³/mol. The topological polar surface area (TPSA) is 81.9 Å². The van der Waals surface area contributed by atoms with Crippen molar-refractivity contribution in [3.8, 4) is 17.1 Å². The fraction of sp³-hybridized carbons (Fsp3) is 0.167. The van der Waals surface area contributed by atoms with Crippen molar-refractivity contribution in [3.05, 3.63) is 95.1 Å². The molecule has 1 aromatic heterocycles.